The first kappa shape index (κ1) is 12.7. The Balaban J connectivity index is 2.20. The highest BCUT2D eigenvalue weighted by Crippen LogP contribution is 2.16. The van der Waals surface area contributed by atoms with Gasteiger partial charge in [0.05, 0.1) is 6.20 Å². The summed E-state index contributed by atoms with van der Waals surface area (Å²) in [6.45, 7) is 1.65. The molecule has 18 heavy (non-hydrogen) atoms. The molecule has 0 aliphatic heterocycles. The second kappa shape index (κ2) is 4.87. The van der Waals surface area contributed by atoms with Crippen LogP contribution in [-0.2, 0) is 10.0 Å². The van der Waals surface area contributed by atoms with E-state index in [1.807, 2.05) is 0 Å². The minimum Gasteiger partial charge on any atom is -0.284 e. The molecule has 0 fully saturated rings. The molecule has 2 N–H and O–H groups in total. The largest absolute Gasteiger partial charge is 0.284 e. The second-order valence-electron chi connectivity index (χ2n) is 3.83. The van der Waals surface area contributed by atoms with Crippen molar-refractivity contribution in [2.24, 2.45) is 0 Å². The van der Waals surface area contributed by atoms with Gasteiger partial charge in [-0.05, 0) is 24.6 Å². The molecule has 0 bridgehead atoms. The lowest BCUT2D eigenvalue weighted by molar-refractivity contribution is 0.564. The minimum atomic E-state index is -3.64. The number of hydrogen-bond donors (Lipinski definition) is 2. The van der Waals surface area contributed by atoms with Gasteiger partial charge < -0.3 is 0 Å². The maximum absolute atomic E-state index is 13.0. The molecule has 0 saturated carbocycles. The quantitative estimate of drug-likeness (QED) is 0.885. The van der Waals surface area contributed by atoms with Gasteiger partial charge in [-0.25, -0.2) is 17.5 Å². The van der Waals surface area contributed by atoms with E-state index in [4.69, 9.17) is 0 Å². The van der Waals surface area contributed by atoms with E-state index in [0.29, 0.717) is 5.56 Å². The third-order valence-electron chi connectivity index (χ3n) is 2.46. The number of hydrogen-bond acceptors (Lipinski definition) is 3. The number of aromatic amines is 1. The predicted octanol–water partition coefficient (Wildman–Crippen LogP) is 1.59. The Hall–Kier alpha value is -1.73. The zero-order valence-corrected chi connectivity index (χ0v) is 10.4. The summed E-state index contributed by atoms with van der Waals surface area (Å²) in [7, 11) is -3.64. The van der Waals surface area contributed by atoms with E-state index in [-0.39, 0.29) is 4.90 Å². The Labute approximate surface area is 104 Å². The molecule has 5 nitrogen and oxygen atoms in total. The van der Waals surface area contributed by atoms with E-state index in [1.165, 1.54) is 30.6 Å². The summed E-state index contributed by atoms with van der Waals surface area (Å²) >= 11 is 0. The third kappa shape index (κ3) is 2.74. The molecular weight excluding hydrogens is 257 g/mol. The molecule has 0 radical (unpaired) electrons. The first-order valence-electron chi connectivity index (χ1n) is 5.25. The predicted molar refractivity (Wildman–Crippen MR) is 63.7 cm³/mol. The zero-order valence-electron chi connectivity index (χ0n) is 9.59. The van der Waals surface area contributed by atoms with Gasteiger partial charge in [0, 0.05) is 12.2 Å². The van der Waals surface area contributed by atoms with E-state index in [1.54, 1.807) is 13.0 Å². The topological polar surface area (TPSA) is 74.8 Å². The summed E-state index contributed by atoms with van der Waals surface area (Å²) in [5.41, 5.74) is 0.557. The normalized spacial score (nSPS) is 13.4. The van der Waals surface area contributed by atoms with Crippen LogP contribution in [0.25, 0.3) is 0 Å². The summed E-state index contributed by atoms with van der Waals surface area (Å²) in [4.78, 5) is 0.0470. The van der Waals surface area contributed by atoms with E-state index in [9.17, 15) is 12.8 Å². The van der Waals surface area contributed by atoms with E-state index in [2.05, 4.69) is 14.9 Å². The molecule has 0 saturated heterocycles. The standard InChI is InChI=1S/C11H12FN3O2S/c1-8(9-3-2-4-10(12)5-9)15-18(16,17)11-6-13-14-7-11/h2-8,15H,1H3,(H,13,14). The highest BCUT2D eigenvalue weighted by atomic mass is 32.2. The number of benzene rings is 1. The summed E-state index contributed by atoms with van der Waals surface area (Å²) in [5, 5.41) is 6.01. The number of halogens is 1. The smallest absolute Gasteiger partial charge is 0.244 e. The van der Waals surface area contributed by atoms with Gasteiger partial charge >= 0.3 is 0 Å². The average Bonchev–Trinajstić information content (AvgIpc) is 2.82. The highest BCUT2D eigenvalue weighted by Gasteiger charge is 2.19. The fourth-order valence-corrected chi connectivity index (χ4v) is 2.67. The van der Waals surface area contributed by atoms with Crippen LogP contribution in [0.2, 0.25) is 0 Å². The van der Waals surface area contributed by atoms with Gasteiger partial charge in [0.25, 0.3) is 0 Å². The lowest BCUT2D eigenvalue weighted by Crippen LogP contribution is -2.26. The molecule has 1 heterocycles. The average molecular weight is 269 g/mol. The number of H-pyrrole nitrogens is 1. The Bertz CT molecular complexity index is 625. The monoisotopic (exact) mass is 269 g/mol. The number of nitrogens with zero attached hydrogens (tertiary/aromatic N) is 1. The molecule has 1 aromatic heterocycles. The van der Waals surface area contributed by atoms with Crippen LogP contribution >= 0.6 is 0 Å². The maximum Gasteiger partial charge on any atom is 0.244 e. The van der Waals surface area contributed by atoms with Gasteiger partial charge in [-0.1, -0.05) is 12.1 Å². The van der Waals surface area contributed by atoms with Crippen LogP contribution in [0.4, 0.5) is 4.39 Å². The molecule has 96 valence electrons. The van der Waals surface area contributed by atoms with Crippen molar-refractivity contribution >= 4 is 10.0 Å². The Morgan fingerprint density at radius 3 is 2.83 bits per heavy atom. The Morgan fingerprint density at radius 2 is 2.22 bits per heavy atom. The molecule has 0 aliphatic carbocycles. The first-order chi connectivity index (χ1) is 8.49. The summed E-state index contributed by atoms with van der Waals surface area (Å²) in [6, 6.07) is 5.27. The number of nitrogens with one attached hydrogen (secondary N) is 2. The van der Waals surface area contributed by atoms with Gasteiger partial charge in [0.15, 0.2) is 0 Å². The molecule has 0 spiro atoms. The summed E-state index contributed by atoms with van der Waals surface area (Å²) < 4.78 is 39.3. The van der Waals surface area contributed by atoms with Crippen LogP contribution in [-0.4, -0.2) is 18.6 Å². The summed E-state index contributed by atoms with van der Waals surface area (Å²) in [5.74, 6) is -0.401. The van der Waals surface area contributed by atoms with Crippen molar-refractivity contribution in [2.75, 3.05) is 0 Å². The van der Waals surface area contributed by atoms with Crippen molar-refractivity contribution in [3.63, 3.8) is 0 Å². The fraction of sp³-hybridized carbons (Fsp3) is 0.182. The number of sulfonamides is 1. The van der Waals surface area contributed by atoms with Crippen molar-refractivity contribution in [3.05, 3.63) is 48.0 Å². The van der Waals surface area contributed by atoms with Crippen LogP contribution in [0.5, 0.6) is 0 Å². The van der Waals surface area contributed by atoms with E-state index < -0.39 is 21.9 Å². The molecule has 1 atom stereocenters. The van der Waals surface area contributed by atoms with Crippen molar-refractivity contribution in [1.82, 2.24) is 14.9 Å². The fourth-order valence-electron chi connectivity index (χ4n) is 1.53. The lowest BCUT2D eigenvalue weighted by Gasteiger charge is -2.13. The molecule has 0 amide bonds. The SMILES string of the molecule is CC(NS(=O)(=O)c1cn[nH]c1)c1cccc(F)c1. The Morgan fingerprint density at radius 1 is 1.44 bits per heavy atom. The van der Waals surface area contributed by atoms with Crippen molar-refractivity contribution < 1.29 is 12.8 Å². The van der Waals surface area contributed by atoms with Gasteiger partial charge in [-0.3, -0.25) is 5.10 Å². The molecule has 2 rings (SSSR count). The van der Waals surface area contributed by atoms with Crippen LogP contribution in [0.1, 0.15) is 18.5 Å². The van der Waals surface area contributed by atoms with Crippen molar-refractivity contribution in [3.8, 4) is 0 Å². The van der Waals surface area contributed by atoms with Crippen molar-refractivity contribution in [2.45, 2.75) is 17.9 Å². The Kier molecular flexibility index (Phi) is 3.44. The van der Waals surface area contributed by atoms with Gasteiger partial charge in [0.1, 0.15) is 10.7 Å². The zero-order chi connectivity index (χ0) is 13.2. The number of rotatable bonds is 4. The van der Waals surface area contributed by atoms with Crippen LogP contribution in [0, 0.1) is 5.82 Å². The molecule has 7 heteroatoms. The molecule has 2 aromatic rings. The van der Waals surface area contributed by atoms with Gasteiger partial charge in [-0.15, -0.1) is 0 Å². The highest BCUT2D eigenvalue weighted by molar-refractivity contribution is 7.89. The third-order valence-corrected chi connectivity index (χ3v) is 3.97. The van der Waals surface area contributed by atoms with E-state index >= 15 is 0 Å². The second-order valence-corrected chi connectivity index (χ2v) is 5.55. The van der Waals surface area contributed by atoms with Crippen LogP contribution in [0.3, 0.4) is 0 Å². The summed E-state index contributed by atoms with van der Waals surface area (Å²) in [6.07, 6.45) is 2.49. The molecule has 1 unspecified atom stereocenters. The molecule has 1 aromatic carbocycles. The van der Waals surface area contributed by atoms with Gasteiger partial charge in [-0.2, -0.15) is 5.10 Å². The molecular formula is C11H12FN3O2S. The lowest BCUT2D eigenvalue weighted by atomic mass is 10.1. The number of aromatic nitrogens is 2. The first-order valence-corrected chi connectivity index (χ1v) is 6.74. The minimum absolute atomic E-state index is 0.0470. The van der Waals surface area contributed by atoms with Crippen LogP contribution in [0.15, 0.2) is 41.6 Å². The van der Waals surface area contributed by atoms with E-state index in [0.717, 1.165) is 0 Å². The van der Waals surface area contributed by atoms with Crippen LogP contribution < -0.4 is 4.72 Å². The van der Waals surface area contributed by atoms with Crippen molar-refractivity contribution in [1.29, 1.82) is 0 Å². The molecule has 0 aliphatic rings. The van der Waals surface area contributed by atoms with Gasteiger partial charge in [0.2, 0.25) is 10.0 Å². The maximum atomic E-state index is 13.0.